The summed E-state index contributed by atoms with van der Waals surface area (Å²) in [6, 6.07) is 4.42. The van der Waals surface area contributed by atoms with E-state index in [0.29, 0.717) is 55.8 Å². The molecule has 338 valence electrons. The highest BCUT2D eigenvalue weighted by Crippen LogP contribution is 2.36. The fourth-order valence-electron chi connectivity index (χ4n) is 8.75. The van der Waals surface area contributed by atoms with Crippen LogP contribution in [0.15, 0.2) is 35.6 Å². The summed E-state index contributed by atoms with van der Waals surface area (Å²) in [6.07, 6.45) is 2.31. The minimum absolute atomic E-state index is 0.0410. The van der Waals surface area contributed by atoms with Crippen molar-refractivity contribution in [2.24, 2.45) is 16.6 Å². The smallest absolute Gasteiger partial charge is 0.419 e. The number of nitrogens with one attached hydrogen (secondary N) is 2. The lowest BCUT2D eigenvalue weighted by atomic mass is 9.96. The number of ether oxygens (including phenoxy) is 1. The molecule has 21 heteroatoms. The van der Waals surface area contributed by atoms with Gasteiger partial charge < -0.3 is 30.7 Å². The van der Waals surface area contributed by atoms with Gasteiger partial charge in [0.2, 0.25) is 17.8 Å². The van der Waals surface area contributed by atoms with Gasteiger partial charge in [-0.1, -0.05) is 6.07 Å². The van der Waals surface area contributed by atoms with Crippen molar-refractivity contribution in [2.75, 3.05) is 57.7 Å². The number of hydrogen-bond donors (Lipinski definition) is 4. The van der Waals surface area contributed by atoms with Crippen molar-refractivity contribution < 1.29 is 45.8 Å². The Bertz CT molecular complexity index is 2160. The second kappa shape index (κ2) is 18.6. The Hall–Kier alpha value is -4.70. The first-order valence-corrected chi connectivity index (χ1v) is 22.6. The Morgan fingerprint density at radius 3 is 2.32 bits per heavy atom. The van der Waals surface area contributed by atoms with Crippen LogP contribution in [0, 0.1) is 5.92 Å². The average molecular weight is 889 g/mol. The quantitative estimate of drug-likeness (QED) is 0.169. The van der Waals surface area contributed by atoms with E-state index >= 15 is 0 Å². The number of piperidine rings is 4. The number of aliphatic hydroxyl groups is 1. The Morgan fingerprint density at radius 2 is 1.69 bits per heavy atom. The van der Waals surface area contributed by atoms with E-state index in [9.17, 15) is 41.1 Å². The number of likely N-dealkylation sites (tertiary alicyclic amines) is 1. The van der Waals surface area contributed by atoms with E-state index in [4.69, 9.17) is 10.5 Å². The van der Waals surface area contributed by atoms with E-state index < -0.39 is 45.2 Å². The van der Waals surface area contributed by atoms with Crippen molar-refractivity contribution in [1.82, 2.24) is 33.7 Å². The summed E-state index contributed by atoms with van der Waals surface area (Å²) in [7, 11) is -3.72. The number of nitrogens with zero attached hydrogens (tertiary/aromatic N) is 7. The van der Waals surface area contributed by atoms with Crippen molar-refractivity contribution in [3.63, 3.8) is 0 Å². The van der Waals surface area contributed by atoms with E-state index in [1.54, 1.807) is 16.4 Å². The Balaban J connectivity index is 0.853. The van der Waals surface area contributed by atoms with Gasteiger partial charge in [0, 0.05) is 93.6 Å². The average Bonchev–Trinajstić information content (AvgIpc) is 3.56. The van der Waals surface area contributed by atoms with E-state index in [-0.39, 0.29) is 68.1 Å². The molecule has 7 rings (SSSR count). The van der Waals surface area contributed by atoms with Crippen molar-refractivity contribution in [2.45, 2.75) is 102 Å². The van der Waals surface area contributed by atoms with Gasteiger partial charge in [-0.15, -0.1) is 0 Å². The summed E-state index contributed by atoms with van der Waals surface area (Å²) in [5.74, 6) is -0.0930. The number of amides is 3. The van der Waals surface area contributed by atoms with Crippen molar-refractivity contribution >= 4 is 45.7 Å². The molecule has 2 aromatic rings. The number of allylic oxidation sites excluding steroid dienone is 1. The van der Waals surface area contributed by atoms with Gasteiger partial charge in [-0.2, -0.15) is 30.2 Å². The molecule has 62 heavy (non-hydrogen) atoms. The number of aliphatic imine (C=N–C) groups is 1. The summed E-state index contributed by atoms with van der Waals surface area (Å²) in [4.78, 5) is 53.4. The van der Waals surface area contributed by atoms with Gasteiger partial charge in [0.15, 0.2) is 0 Å². The molecule has 5 aliphatic rings. The predicted octanol–water partition coefficient (Wildman–Crippen LogP) is 2.77. The number of halogens is 3. The van der Waals surface area contributed by atoms with Crippen molar-refractivity contribution in [1.29, 1.82) is 0 Å². The molecular weight excluding hydrogens is 834 g/mol. The lowest BCUT2D eigenvalue weighted by Crippen LogP contribution is -2.52. The molecule has 5 N–H and O–H groups in total. The summed E-state index contributed by atoms with van der Waals surface area (Å²) in [6.45, 7) is 6.99. The summed E-state index contributed by atoms with van der Waals surface area (Å²) >= 11 is 0. The van der Waals surface area contributed by atoms with Crippen LogP contribution in [0.4, 0.5) is 19.1 Å². The Labute approximate surface area is 359 Å². The van der Waals surface area contributed by atoms with Gasteiger partial charge in [0.1, 0.15) is 23.5 Å². The van der Waals surface area contributed by atoms with Crippen molar-refractivity contribution in [3.8, 4) is 5.75 Å². The number of rotatable bonds is 13. The maximum Gasteiger partial charge on any atom is 0.419 e. The molecule has 0 bridgehead atoms. The molecule has 1 aromatic carbocycles. The third kappa shape index (κ3) is 10.6. The van der Waals surface area contributed by atoms with Crippen LogP contribution >= 0.6 is 0 Å². The second-order valence-electron chi connectivity index (χ2n) is 17.3. The van der Waals surface area contributed by atoms with Gasteiger partial charge in [-0.05, 0) is 76.8 Å². The minimum Gasteiger partial charge on any atom is -0.490 e. The highest BCUT2D eigenvalue weighted by atomic mass is 32.2. The van der Waals surface area contributed by atoms with Crippen LogP contribution in [0.5, 0.6) is 5.75 Å². The van der Waals surface area contributed by atoms with Crippen LogP contribution in [-0.4, -0.2) is 142 Å². The SMILES string of the molecule is CC(C)(O)CN=C/C(=C\N)c1nc(NC2CCN(S(=O)(=O)N3CCC(CN4CCC(Oc5cccc6c5CN(C5CCC(=O)NC5=O)C6=O)CC4)CC3)CC2)ncc1C(F)(F)F. The second-order valence-corrected chi connectivity index (χ2v) is 19.3. The fourth-order valence-corrected chi connectivity index (χ4v) is 10.4. The number of alkyl halides is 3. The van der Waals surface area contributed by atoms with Gasteiger partial charge in [-0.25, -0.2) is 9.97 Å². The largest absolute Gasteiger partial charge is 0.490 e. The minimum atomic E-state index is -4.77. The molecule has 6 heterocycles. The molecule has 3 amide bonds. The predicted molar refractivity (Wildman–Crippen MR) is 223 cm³/mol. The number of imide groups is 1. The number of anilines is 1. The number of hydrogen-bond acceptors (Lipinski definition) is 13. The number of benzene rings is 1. The highest BCUT2D eigenvalue weighted by Gasteiger charge is 2.41. The number of nitrogens with two attached hydrogens (primary N) is 1. The first-order chi connectivity index (χ1) is 29.4. The number of fused-ring (bicyclic) bond motifs is 1. The molecule has 1 atom stereocenters. The van der Waals surface area contributed by atoms with E-state index in [1.807, 2.05) is 6.07 Å². The zero-order valence-electron chi connectivity index (χ0n) is 34.9. The van der Waals surface area contributed by atoms with E-state index in [0.717, 1.165) is 63.3 Å². The van der Waals surface area contributed by atoms with Crippen LogP contribution in [0.3, 0.4) is 0 Å². The van der Waals surface area contributed by atoms with Gasteiger partial charge in [0.25, 0.3) is 16.1 Å². The maximum absolute atomic E-state index is 13.9. The molecule has 17 nitrogen and oxygen atoms in total. The first kappa shape index (κ1) is 45.3. The molecule has 0 saturated carbocycles. The topological polar surface area (TPSA) is 216 Å². The number of carbonyl (C=O) groups excluding carboxylic acids is 3. The standard InChI is InChI=1S/C41H55F3N10O7S/c1-40(2,58)25-46-21-27(20-45)36-32(41(42,43)44)22-47-39(50-36)48-28-10-18-53(19-11-28)62(59,60)52-16-8-26(9-17-52)23-51-14-12-29(13-15-51)61-34-5-3-4-30-31(34)24-54(38(30)57)33-6-7-35(55)49-37(33)56/h3-5,20-22,26,28-29,33,58H,6-19,23-25,45H2,1-2H3,(H,47,48,50)(H,49,55,56)/b27-20+,46-21?. The molecule has 0 spiro atoms. The zero-order chi connectivity index (χ0) is 44.4. The molecule has 0 radical (unpaired) electrons. The van der Waals surface area contributed by atoms with Gasteiger partial charge in [0.05, 0.1) is 24.4 Å². The van der Waals surface area contributed by atoms with Crippen LogP contribution in [-0.2, 0) is 32.5 Å². The molecule has 4 saturated heterocycles. The van der Waals surface area contributed by atoms with Gasteiger partial charge in [-0.3, -0.25) is 24.7 Å². The molecule has 4 fully saturated rings. The third-order valence-corrected chi connectivity index (χ3v) is 14.2. The summed E-state index contributed by atoms with van der Waals surface area (Å²) < 4.78 is 78.6. The van der Waals surface area contributed by atoms with E-state index in [1.165, 1.54) is 23.1 Å². The van der Waals surface area contributed by atoms with Crippen LogP contribution in [0.25, 0.3) is 5.57 Å². The number of aromatic nitrogens is 2. The van der Waals surface area contributed by atoms with Crippen molar-refractivity contribution in [3.05, 3.63) is 53.0 Å². The van der Waals surface area contributed by atoms with Crippen LogP contribution < -0.4 is 21.1 Å². The Kier molecular flexibility index (Phi) is 13.6. The molecule has 1 unspecified atom stereocenters. The lowest BCUT2D eigenvalue weighted by Gasteiger charge is -2.39. The molecular formula is C41H55F3N10O7S. The molecule has 1 aromatic heterocycles. The fraction of sp³-hybridized carbons (Fsp3) is 0.610. The maximum atomic E-state index is 13.9. The lowest BCUT2D eigenvalue weighted by molar-refractivity contribution is -0.138. The molecule has 0 aliphatic carbocycles. The normalized spacial score (nSPS) is 22.7. The number of carbonyl (C=O) groups is 3. The zero-order valence-corrected chi connectivity index (χ0v) is 35.8. The first-order valence-electron chi connectivity index (χ1n) is 21.2. The monoisotopic (exact) mass is 888 g/mol. The summed E-state index contributed by atoms with van der Waals surface area (Å²) in [5, 5.41) is 15.4. The van der Waals surface area contributed by atoms with Gasteiger partial charge >= 0.3 is 6.18 Å². The summed E-state index contributed by atoms with van der Waals surface area (Å²) in [5.41, 5.74) is 4.12. The Morgan fingerprint density at radius 1 is 1.02 bits per heavy atom. The van der Waals surface area contributed by atoms with Crippen LogP contribution in [0.1, 0.15) is 92.4 Å². The van der Waals surface area contributed by atoms with Crippen LogP contribution in [0.2, 0.25) is 0 Å². The third-order valence-electron chi connectivity index (χ3n) is 12.2. The van der Waals surface area contributed by atoms with E-state index in [2.05, 4.69) is 30.5 Å². The molecule has 5 aliphatic heterocycles. The highest BCUT2D eigenvalue weighted by molar-refractivity contribution is 7.86.